The molecule has 0 aromatic carbocycles. The van der Waals surface area contributed by atoms with Gasteiger partial charge in [0.25, 0.3) is 8.05 Å². The summed E-state index contributed by atoms with van der Waals surface area (Å²) in [4.78, 5) is 0. The van der Waals surface area contributed by atoms with Gasteiger partial charge in [0.2, 0.25) is 0 Å². The first kappa shape index (κ1) is 9.54. The topological polar surface area (TPSA) is 29.5 Å². The van der Waals surface area contributed by atoms with Crippen molar-refractivity contribution in [2.45, 2.75) is 45.3 Å². The zero-order valence-corrected chi connectivity index (χ0v) is 9.00. The van der Waals surface area contributed by atoms with Crippen LogP contribution in [0.5, 0.6) is 0 Å². The van der Waals surface area contributed by atoms with E-state index in [2.05, 4.69) is 13.8 Å². The molecule has 0 aliphatic heterocycles. The number of rotatable bonds is 1. The first-order valence-corrected chi connectivity index (χ1v) is 5.15. The van der Waals surface area contributed by atoms with Crippen LogP contribution in [0.1, 0.15) is 33.6 Å². The minimum absolute atomic E-state index is 0.0347. The van der Waals surface area contributed by atoms with Crippen LogP contribution in [0.25, 0.3) is 0 Å². The summed E-state index contributed by atoms with van der Waals surface area (Å²) in [7, 11) is 1.72. The fourth-order valence-electron chi connectivity index (χ4n) is 3.38. The molecule has 74 valence electrons. The minimum atomic E-state index is -0.599. The van der Waals surface area contributed by atoms with Gasteiger partial charge in [0.1, 0.15) is 0 Å². The summed E-state index contributed by atoms with van der Waals surface area (Å²) in [6.45, 7) is 6.51. The fraction of sp³-hybridized carbons (Fsp3) is 1.00. The first-order chi connectivity index (χ1) is 5.89. The molecule has 0 aromatic rings. The number of fused-ring (bicyclic) bond motifs is 2. The van der Waals surface area contributed by atoms with E-state index < -0.39 is 5.60 Å². The second-order valence-electron chi connectivity index (χ2n) is 5.58. The van der Waals surface area contributed by atoms with Crippen molar-refractivity contribution in [1.29, 1.82) is 0 Å². The number of hydrogen-bond donors (Lipinski definition) is 1. The Morgan fingerprint density at radius 2 is 2.00 bits per heavy atom. The first-order valence-electron chi connectivity index (χ1n) is 5.15. The van der Waals surface area contributed by atoms with Crippen LogP contribution >= 0.6 is 0 Å². The predicted molar refractivity (Wildman–Crippen MR) is 54.0 cm³/mol. The average molecular weight is 182 g/mol. The molecule has 2 nitrogen and oxygen atoms in total. The Balaban J connectivity index is 2.23. The van der Waals surface area contributed by atoms with Gasteiger partial charge in [-0.1, -0.05) is 13.8 Å². The monoisotopic (exact) mass is 182 g/mol. The van der Waals surface area contributed by atoms with Crippen molar-refractivity contribution in [1.82, 2.24) is 0 Å². The molecule has 0 spiro atoms. The Kier molecular flexibility index (Phi) is 1.84. The summed E-state index contributed by atoms with van der Waals surface area (Å²) in [5.41, 5.74) is -0.221. The minimum Gasteiger partial charge on any atom is -0.438 e. The van der Waals surface area contributed by atoms with Gasteiger partial charge in [0.05, 0.1) is 11.7 Å². The van der Waals surface area contributed by atoms with Crippen molar-refractivity contribution in [2.75, 3.05) is 0 Å². The molecule has 2 bridgehead atoms. The van der Waals surface area contributed by atoms with E-state index in [0.717, 1.165) is 6.42 Å². The third kappa shape index (κ3) is 1.10. The van der Waals surface area contributed by atoms with Crippen molar-refractivity contribution in [2.24, 2.45) is 17.3 Å². The predicted octanol–water partition coefficient (Wildman–Crippen LogP) is 0.737. The summed E-state index contributed by atoms with van der Waals surface area (Å²) in [6.07, 6.45) is 2.17. The molecule has 3 fully saturated rings. The van der Waals surface area contributed by atoms with E-state index in [9.17, 15) is 5.11 Å². The molecule has 0 saturated heterocycles. The number of hydrogen-bond acceptors (Lipinski definition) is 2. The highest BCUT2D eigenvalue weighted by Crippen LogP contribution is 2.62. The third-order valence-corrected chi connectivity index (χ3v) is 4.44. The summed E-state index contributed by atoms with van der Waals surface area (Å²) < 4.78 is 5.44. The zero-order chi connectivity index (χ0) is 9.85. The molecule has 0 amide bonds. The van der Waals surface area contributed by atoms with Gasteiger partial charge in [0, 0.05) is 0 Å². The van der Waals surface area contributed by atoms with E-state index in [-0.39, 0.29) is 6.10 Å². The SMILES string of the molecule is BOC1[C@@H]2C[C@H](C[C@]1(C)O)C2(C)C. The van der Waals surface area contributed by atoms with Crippen LogP contribution < -0.4 is 0 Å². The summed E-state index contributed by atoms with van der Waals surface area (Å²) >= 11 is 0. The van der Waals surface area contributed by atoms with Crippen molar-refractivity contribution >= 4 is 8.05 Å². The highest BCUT2D eigenvalue weighted by atomic mass is 16.5. The molecule has 0 heterocycles. The Labute approximate surface area is 81.1 Å². The molecule has 1 unspecified atom stereocenters. The standard InChI is InChI=1S/C10H19BO2/c1-9(2)6-4-7(9)8(13-11)10(3,12)5-6/h6-8,12H,4-5,11H2,1-3H3/t6-,7+,8?,10+/m1/s1. The zero-order valence-electron chi connectivity index (χ0n) is 9.00. The molecule has 1 N–H and O–H groups in total. The number of aliphatic hydroxyl groups is 1. The van der Waals surface area contributed by atoms with E-state index in [4.69, 9.17) is 4.65 Å². The van der Waals surface area contributed by atoms with Gasteiger partial charge in [-0.2, -0.15) is 0 Å². The third-order valence-electron chi connectivity index (χ3n) is 4.44. The second-order valence-corrected chi connectivity index (χ2v) is 5.58. The van der Waals surface area contributed by atoms with Crippen LogP contribution in [0.4, 0.5) is 0 Å². The molecule has 3 saturated carbocycles. The van der Waals surface area contributed by atoms with Gasteiger partial charge in [-0.25, -0.2) is 0 Å². The molecular weight excluding hydrogens is 163 g/mol. The van der Waals surface area contributed by atoms with E-state index in [0.29, 0.717) is 17.3 Å². The van der Waals surface area contributed by atoms with Gasteiger partial charge >= 0.3 is 0 Å². The quantitative estimate of drug-likeness (QED) is 0.606. The molecule has 0 aromatic heterocycles. The Hall–Kier alpha value is -0.0151. The summed E-state index contributed by atoms with van der Waals surface area (Å²) in [6, 6.07) is 0. The second kappa shape index (κ2) is 2.51. The molecule has 0 radical (unpaired) electrons. The van der Waals surface area contributed by atoms with E-state index in [1.165, 1.54) is 6.42 Å². The maximum atomic E-state index is 10.1. The molecule has 3 aliphatic rings. The summed E-state index contributed by atoms with van der Waals surface area (Å²) in [5, 5.41) is 10.1. The van der Waals surface area contributed by atoms with E-state index in [1.807, 2.05) is 6.92 Å². The van der Waals surface area contributed by atoms with Crippen molar-refractivity contribution in [3.8, 4) is 0 Å². The van der Waals surface area contributed by atoms with Gasteiger partial charge in [-0.05, 0) is 37.0 Å². The van der Waals surface area contributed by atoms with E-state index in [1.54, 1.807) is 8.05 Å². The van der Waals surface area contributed by atoms with Crippen molar-refractivity contribution in [3.63, 3.8) is 0 Å². The molecule has 4 atom stereocenters. The average Bonchev–Trinajstić information content (AvgIpc) is 2.02. The molecular formula is C10H19BO2. The lowest BCUT2D eigenvalue weighted by molar-refractivity contribution is -0.223. The lowest BCUT2D eigenvalue weighted by Crippen LogP contribution is -2.65. The Morgan fingerprint density at radius 1 is 1.38 bits per heavy atom. The lowest BCUT2D eigenvalue weighted by atomic mass is 9.44. The molecule has 13 heavy (non-hydrogen) atoms. The maximum absolute atomic E-state index is 10.1. The van der Waals surface area contributed by atoms with Gasteiger partial charge < -0.3 is 9.76 Å². The van der Waals surface area contributed by atoms with Crippen LogP contribution in [0, 0.1) is 17.3 Å². The van der Waals surface area contributed by atoms with E-state index >= 15 is 0 Å². The van der Waals surface area contributed by atoms with Gasteiger partial charge in [-0.15, -0.1) is 0 Å². The van der Waals surface area contributed by atoms with Crippen LogP contribution in [0.2, 0.25) is 0 Å². The largest absolute Gasteiger partial charge is 0.438 e. The van der Waals surface area contributed by atoms with Crippen molar-refractivity contribution in [3.05, 3.63) is 0 Å². The fourth-order valence-corrected chi connectivity index (χ4v) is 3.38. The highest BCUT2D eigenvalue weighted by molar-refractivity contribution is 5.98. The molecule has 3 rings (SSSR count). The lowest BCUT2D eigenvalue weighted by Gasteiger charge is -2.64. The Morgan fingerprint density at radius 3 is 2.38 bits per heavy atom. The van der Waals surface area contributed by atoms with Crippen LogP contribution in [0.15, 0.2) is 0 Å². The molecule has 3 heteroatoms. The van der Waals surface area contributed by atoms with Crippen LogP contribution in [-0.2, 0) is 4.65 Å². The smallest absolute Gasteiger partial charge is 0.257 e. The van der Waals surface area contributed by atoms with Gasteiger partial charge in [0.15, 0.2) is 0 Å². The molecule has 3 aliphatic carbocycles. The van der Waals surface area contributed by atoms with Crippen LogP contribution in [-0.4, -0.2) is 24.9 Å². The maximum Gasteiger partial charge on any atom is 0.257 e. The van der Waals surface area contributed by atoms with Crippen molar-refractivity contribution < 1.29 is 9.76 Å². The normalized spacial score (nSPS) is 52.8. The Bertz CT molecular complexity index is 225. The van der Waals surface area contributed by atoms with Gasteiger partial charge in [-0.3, -0.25) is 0 Å². The summed E-state index contributed by atoms with van der Waals surface area (Å²) in [5.74, 6) is 1.24. The van der Waals surface area contributed by atoms with Crippen LogP contribution in [0.3, 0.4) is 0 Å². The highest BCUT2D eigenvalue weighted by Gasteiger charge is 2.61.